The molecule has 0 saturated carbocycles. The first-order chi connectivity index (χ1) is 10.9. The van der Waals surface area contributed by atoms with Gasteiger partial charge >= 0.3 is 0 Å². The van der Waals surface area contributed by atoms with Crippen LogP contribution in [0.4, 0.5) is 0 Å². The van der Waals surface area contributed by atoms with Gasteiger partial charge in [0, 0.05) is 0 Å². The normalized spacial score (nSPS) is 23.4. The minimum Gasteiger partial charge on any atom is -0.369 e. The van der Waals surface area contributed by atoms with Crippen LogP contribution in [0.5, 0.6) is 0 Å². The van der Waals surface area contributed by atoms with Crippen molar-refractivity contribution in [3.63, 3.8) is 0 Å². The van der Waals surface area contributed by atoms with Crippen molar-refractivity contribution >= 4 is 5.57 Å². The maximum absolute atomic E-state index is 6.10. The van der Waals surface area contributed by atoms with Crippen molar-refractivity contribution in [1.82, 2.24) is 0 Å². The summed E-state index contributed by atoms with van der Waals surface area (Å²) in [6.45, 7) is 1.40. The van der Waals surface area contributed by atoms with E-state index in [1.54, 1.807) is 0 Å². The van der Waals surface area contributed by atoms with Gasteiger partial charge in [0.25, 0.3) is 0 Å². The summed E-state index contributed by atoms with van der Waals surface area (Å²) in [4.78, 5) is 0. The number of hydrogen-bond acceptors (Lipinski definition) is 2. The van der Waals surface area contributed by atoms with Crippen molar-refractivity contribution < 1.29 is 9.47 Å². The number of rotatable bonds is 3. The monoisotopic (exact) mass is 292 g/mol. The number of ether oxygens (including phenoxy) is 2. The van der Waals surface area contributed by atoms with E-state index < -0.39 is 0 Å². The second-order valence-corrected chi connectivity index (χ2v) is 5.99. The molecule has 2 heteroatoms. The first-order valence-corrected chi connectivity index (χ1v) is 7.97. The Morgan fingerprint density at radius 2 is 1.77 bits per heavy atom. The molecule has 22 heavy (non-hydrogen) atoms. The average Bonchev–Trinajstić information content (AvgIpc) is 2.60. The summed E-state index contributed by atoms with van der Waals surface area (Å²) in [5.74, 6) is 0. The van der Waals surface area contributed by atoms with Crippen LogP contribution in [0, 0.1) is 0 Å². The van der Waals surface area contributed by atoms with Gasteiger partial charge in [-0.15, -0.1) is 0 Å². The second-order valence-electron chi connectivity index (χ2n) is 5.99. The molecule has 2 aromatic rings. The van der Waals surface area contributed by atoms with Crippen LogP contribution in [0.1, 0.15) is 29.5 Å². The minimum atomic E-state index is 0.182. The summed E-state index contributed by atoms with van der Waals surface area (Å²) < 4.78 is 12.1. The summed E-state index contributed by atoms with van der Waals surface area (Å²) in [6, 6.07) is 18.9. The fraction of sp³-hybridized carbons (Fsp3) is 0.300. The lowest BCUT2D eigenvalue weighted by Gasteiger charge is -2.33. The predicted molar refractivity (Wildman–Crippen MR) is 87.2 cm³/mol. The first kappa shape index (κ1) is 13.7. The third-order valence-electron chi connectivity index (χ3n) is 4.50. The highest BCUT2D eigenvalue weighted by atomic mass is 16.5. The van der Waals surface area contributed by atoms with E-state index in [4.69, 9.17) is 9.47 Å². The summed E-state index contributed by atoms with van der Waals surface area (Å²) in [7, 11) is 0. The Morgan fingerprint density at radius 3 is 2.68 bits per heavy atom. The summed E-state index contributed by atoms with van der Waals surface area (Å²) in [5.41, 5.74) is 5.16. The highest BCUT2D eigenvalue weighted by molar-refractivity contribution is 5.73. The predicted octanol–water partition coefficient (Wildman–Crippen LogP) is 4.35. The lowest BCUT2D eigenvalue weighted by Crippen LogP contribution is -2.28. The maximum atomic E-state index is 6.10. The number of fused-ring (bicyclic) bond motifs is 3. The van der Waals surface area contributed by atoms with Crippen molar-refractivity contribution in [2.45, 2.75) is 38.3 Å². The van der Waals surface area contributed by atoms with Crippen LogP contribution >= 0.6 is 0 Å². The lowest BCUT2D eigenvalue weighted by molar-refractivity contribution is 0.0230. The Bertz CT molecular complexity index is 675. The summed E-state index contributed by atoms with van der Waals surface area (Å²) >= 11 is 0. The van der Waals surface area contributed by atoms with E-state index in [2.05, 4.69) is 54.6 Å². The molecule has 4 rings (SSSR count). The van der Waals surface area contributed by atoms with Crippen LogP contribution in [0.3, 0.4) is 0 Å². The van der Waals surface area contributed by atoms with Gasteiger partial charge in [0.15, 0.2) is 0 Å². The smallest absolute Gasteiger partial charge is 0.0834 e. The standard InChI is InChI=1S/C20H20O2/c1-2-6-15(7-3-1)13-21-17-10-11-20-19(12-17)18-9-5-4-8-16(18)14-22-20/h1-9,12,17,20H,10-11,13-14H2/t17-,20+/m0/s1. The Hall–Kier alpha value is -1.90. The van der Waals surface area contributed by atoms with Crippen LogP contribution in [0.2, 0.25) is 0 Å². The second kappa shape index (κ2) is 6.07. The Balaban J connectivity index is 1.53. The quantitative estimate of drug-likeness (QED) is 0.837. The molecule has 0 amide bonds. The van der Waals surface area contributed by atoms with Crippen LogP contribution in [0.25, 0.3) is 5.57 Å². The van der Waals surface area contributed by atoms with Gasteiger partial charge in [0.1, 0.15) is 0 Å². The molecule has 0 unspecified atom stereocenters. The lowest BCUT2D eigenvalue weighted by atomic mass is 9.85. The van der Waals surface area contributed by atoms with Crippen molar-refractivity contribution in [2.75, 3.05) is 0 Å². The molecule has 0 fully saturated rings. The maximum Gasteiger partial charge on any atom is 0.0834 e. The number of benzene rings is 2. The molecule has 0 bridgehead atoms. The molecule has 1 aliphatic heterocycles. The SMILES string of the molecule is C1=C2c3ccccc3CO[C@@H]2CC[C@@H]1OCc1ccccc1. The van der Waals surface area contributed by atoms with Gasteiger partial charge in [-0.2, -0.15) is 0 Å². The highest BCUT2D eigenvalue weighted by Crippen LogP contribution is 2.37. The summed E-state index contributed by atoms with van der Waals surface area (Å²) in [5, 5.41) is 0. The molecule has 2 aliphatic rings. The van der Waals surface area contributed by atoms with Gasteiger partial charge in [0.05, 0.1) is 25.4 Å². The van der Waals surface area contributed by atoms with Crippen LogP contribution in [-0.2, 0) is 22.7 Å². The molecular weight excluding hydrogens is 272 g/mol. The van der Waals surface area contributed by atoms with Gasteiger partial charge < -0.3 is 9.47 Å². The zero-order valence-corrected chi connectivity index (χ0v) is 12.6. The van der Waals surface area contributed by atoms with E-state index in [1.807, 2.05) is 6.07 Å². The van der Waals surface area contributed by atoms with E-state index in [-0.39, 0.29) is 12.2 Å². The van der Waals surface area contributed by atoms with Crippen molar-refractivity contribution in [2.24, 2.45) is 0 Å². The van der Waals surface area contributed by atoms with E-state index in [0.29, 0.717) is 6.61 Å². The molecule has 0 aromatic heterocycles. The van der Waals surface area contributed by atoms with E-state index in [0.717, 1.165) is 19.4 Å². The Kier molecular flexibility index (Phi) is 3.79. The van der Waals surface area contributed by atoms with E-state index in [1.165, 1.54) is 22.3 Å². The van der Waals surface area contributed by atoms with Crippen LogP contribution in [0.15, 0.2) is 60.7 Å². The fourth-order valence-corrected chi connectivity index (χ4v) is 3.33. The Morgan fingerprint density at radius 1 is 0.955 bits per heavy atom. The molecule has 0 N–H and O–H groups in total. The largest absolute Gasteiger partial charge is 0.369 e. The van der Waals surface area contributed by atoms with Gasteiger partial charge in [-0.3, -0.25) is 0 Å². The Labute approximate surface area is 131 Å². The van der Waals surface area contributed by atoms with Gasteiger partial charge in [-0.25, -0.2) is 0 Å². The highest BCUT2D eigenvalue weighted by Gasteiger charge is 2.29. The molecule has 0 radical (unpaired) electrons. The zero-order valence-electron chi connectivity index (χ0n) is 12.6. The molecule has 1 heterocycles. The topological polar surface area (TPSA) is 18.5 Å². The molecule has 0 saturated heterocycles. The van der Waals surface area contributed by atoms with E-state index in [9.17, 15) is 0 Å². The fourth-order valence-electron chi connectivity index (χ4n) is 3.33. The molecule has 0 spiro atoms. The van der Waals surface area contributed by atoms with Crippen LogP contribution < -0.4 is 0 Å². The molecule has 112 valence electrons. The average molecular weight is 292 g/mol. The molecule has 1 aliphatic carbocycles. The molecule has 2 atom stereocenters. The molecule has 2 aromatic carbocycles. The van der Waals surface area contributed by atoms with E-state index >= 15 is 0 Å². The number of hydrogen-bond donors (Lipinski definition) is 0. The molecule has 2 nitrogen and oxygen atoms in total. The molecular formula is C20H20O2. The van der Waals surface area contributed by atoms with Crippen molar-refractivity contribution in [3.05, 3.63) is 77.4 Å². The third-order valence-corrected chi connectivity index (χ3v) is 4.50. The third kappa shape index (κ3) is 2.72. The van der Waals surface area contributed by atoms with Gasteiger partial charge in [0.2, 0.25) is 0 Å². The first-order valence-electron chi connectivity index (χ1n) is 7.97. The van der Waals surface area contributed by atoms with Crippen LogP contribution in [-0.4, -0.2) is 12.2 Å². The van der Waals surface area contributed by atoms with Gasteiger partial charge in [-0.1, -0.05) is 54.6 Å². The van der Waals surface area contributed by atoms with Crippen molar-refractivity contribution in [3.8, 4) is 0 Å². The minimum absolute atomic E-state index is 0.182. The van der Waals surface area contributed by atoms with Gasteiger partial charge in [-0.05, 0) is 41.2 Å². The summed E-state index contributed by atoms with van der Waals surface area (Å²) in [6.07, 6.45) is 4.77. The zero-order chi connectivity index (χ0) is 14.8. The van der Waals surface area contributed by atoms with Crippen molar-refractivity contribution in [1.29, 1.82) is 0 Å².